The van der Waals surface area contributed by atoms with E-state index in [-0.39, 0.29) is 30.5 Å². The van der Waals surface area contributed by atoms with Crippen molar-refractivity contribution in [1.82, 2.24) is 10.6 Å². The summed E-state index contributed by atoms with van der Waals surface area (Å²) in [5.41, 5.74) is 0.866. The number of aliphatic hydroxyl groups is 1. The molecule has 168 valence electrons. The Bertz CT molecular complexity index is 798. The van der Waals surface area contributed by atoms with E-state index in [1.165, 1.54) is 0 Å². The van der Waals surface area contributed by atoms with Gasteiger partial charge in [-0.3, -0.25) is 0 Å². The van der Waals surface area contributed by atoms with E-state index in [1.54, 1.807) is 39.6 Å². The fourth-order valence-corrected chi connectivity index (χ4v) is 3.70. The molecule has 1 aromatic carbocycles. The first-order valence-electron chi connectivity index (χ1n) is 9.51. The van der Waals surface area contributed by atoms with E-state index < -0.39 is 5.60 Å². The predicted octanol–water partition coefficient (Wildman–Crippen LogP) is 3.40. The molecule has 1 aromatic heterocycles. The minimum Gasteiger partial charge on any atom is -0.493 e. The minimum atomic E-state index is -1.01. The molecule has 0 aliphatic carbocycles. The lowest BCUT2D eigenvalue weighted by Gasteiger charge is -2.21. The van der Waals surface area contributed by atoms with E-state index >= 15 is 0 Å². The smallest absolute Gasteiger partial charge is 0.203 e. The zero-order valence-corrected chi connectivity index (χ0v) is 21.3. The number of methoxy groups -OCH3 is 3. The lowest BCUT2D eigenvalue weighted by Crippen LogP contribution is -2.39. The Balaban J connectivity index is 0.00000450. The van der Waals surface area contributed by atoms with Crippen molar-refractivity contribution in [2.75, 3.05) is 41.0 Å². The molecule has 0 spiro atoms. The zero-order chi connectivity index (χ0) is 21.3. The van der Waals surface area contributed by atoms with E-state index in [0.717, 1.165) is 17.7 Å². The van der Waals surface area contributed by atoms with Crippen molar-refractivity contribution in [3.63, 3.8) is 0 Å². The molecule has 0 radical (unpaired) electrons. The second-order valence-corrected chi connectivity index (χ2v) is 7.43. The van der Waals surface area contributed by atoms with Gasteiger partial charge in [0.25, 0.3) is 0 Å². The molecular formula is C21H32IN3O4S. The van der Waals surface area contributed by atoms with Crippen LogP contribution in [0, 0.1) is 0 Å². The Morgan fingerprint density at radius 3 is 2.40 bits per heavy atom. The molecule has 2 aromatic rings. The number of hydrogen-bond donors (Lipinski definition) is 3. The van der Waals surface area contributed by atoms with Crippen molar-refractivity contribution < 1.29 is 19.3 Å². The molecule has 7 nitrogen and oxygen atoms in total. The Morgan fingerprint density at radius 1 is 1.10 bits per heavy atom. The van der Waals surface area contributed by atoms with E-state index in [2.05, 4.69) is 15.6 Å². The number of benzene rings is 1. The van der Waals surface area contributed by atoms with Gasteiger partial charge in [0.1, 0.15) is 5.60 Å². The maximum atomic E-state index is 10.7. The lowest BCUT2D eigenvalue weighted by molar-refractivity contribution is 0.0677. The highest BCUT2D eigenvalue weighted by atomic mass is 127. The van der Waals surface area contributed by atoms with Crippen LogP contribution in [0.15, 0.2) is 34.0 Å². The molecule has 0 fully saturated rings. The lowest BCUT2D eigenvalue weighted by atomic mass is 10.00. The number of thiophene rings is 1. The first kappa shape index (κ1) is 26.3. The number of halogens is 1. The summed E-state index contributed by atoms with van der Waals surface area (Å²) < 4.78 is 16.3. The summed E-state index contributed by atoms with van der Waals surface area (Å²) in [6.07, 6.45) is 0.703. The van der Waals surface area contributed by atoms with Crippen LogP contribution < -0.4 is 24.8 Å². The Hall–Kier alpha value is -1.72. The third kappa shape index (κ3) is 6.92. The van der Waals surface area contributed by atoms with E-state index in [1.807, 2.05) is 35.9 Å². The molecule has 30 heavy (non-hydrogen) atoms. The van der Waals surface area contributed by atoms with Crippen LogP contribution in [-0.2, 0) is 12.0 Å². The van der Waals surface area contributed by atoms with Crippen LogP contribution in [0.25, 0.3) is 0 Å². The molecule has 0 aliphatic heterocycles. The first-order chi connectivity index (χ1) is 14.0. The standard InChI is InChI=1S/C21H31N3O4S.HI/c1-6-22-20(24-14-21(2,25)16-10-12-29-13-16)23-11-9-15-7-8-17(26-3)19(28-5)18(15)27-4;/h7-8,10,12-13,25H,6,9,11,14H2,1-5H3,(H2,22,23,24);1H. The molecule has 0 aliphatic rings. The molecule has 1 atom stereocenters. The number of guanidine groups is 1. The van der Waals surface area contributed by atoms with E-state index in [4.69, 9.17) is 14.2 Å². The van der Waals surface area contributed by atoms with Crippen molar-refractivity contribution in [3.05, 3.63) is 40.1 Å². The van der Waals surface area contributed by atoms with Crippen molar-refractivity contribution >= 4 is 41.3 Å². The molecular weight excluding hydrogens is 517 g/mol. The van der Waals surface area contributed by atoms with Gasteiger partial charge in [-0.1, -0.05) is 6.07 Å². The minimum absolute atomic E-state index is 0. The van der Waals surface area contributed by atoms with Crippen LogP contribution in [0.5, 0.6) is 17.2 Å². The van der Waals surface area contributed by atoms with Crippen molar-refractivity contribution in [2.45, 2.75) is 25.9 Å². The monoisotopic (exact) mass is 549 g/mol. The van der Waals surface area contributed by atoms with Gasteiger partial charge in [0.05, 0.1) is 27.9 Å². The maximum Gasteiger partial charge on any atom is 0.203 e. The van der Waals surface area contributed by atoms with Gasteiger partial charge in [0.15, 0.2) is 17.5 Å². The number of nitrogens with zero attached hydrogens (tertiary/aromatic N) is 1. The third-order valence-electron chi connectivity index (χ3n) is 4.50. The molecule has 0 saturated heterocycles. The summed E-state index contributed by atoms with van der Waals surface area (Å²) >= 11 is 1.56. The second-order valence-electron chi connectivity index (χ2n) is 6.65. The Kier molecular flexibility index (Phi) is 11.3. The molecule has 1 unspecified atom stereocenters. The topological polar surface area (TPSA) is 84.3 Å². The van der Waals surface area contributed by atoms with Gasteiger partial charge in [-0.05, 0) is 48.7 Å². The molecule has 3 N–H and O–H groups in total. The normalized spacial score (nSPS) is 13.1. The molecule has 0 saturated carbocycles. The van der Waals surface area contributed by atoms with Crippen molar-refractivity contribution in [3.8, 4) is 17.2 Å². The maximum absolute atomic E-state index is 10.7. The molecule has 9 heteroatoms. The summed E-state index contributed by atoms with van der Waals surface area (Å²) in [6.45, 7) is 5.41. The van der Waals surface area contributed by atoms with Crippen LogP contribution in [-0.4, -0.2) is 52.0 Å². The summed E-state index contributed by atoms with van der Waals surface area (Å²) in [6, 6.07) is 5.76. The number of nitrogens with one attached hydrogen (secondary N) is 2. The quantitative estimate of drug-likeness (QED) is 0.240. The van der Waals surface area contributed by atoms with Gasteiger partial charge in [0, 0.05) is 18.7 Å². The van der Waals surface area contributed by atoms with Gasteiger partial charge in [-0.15, -0.1) is 24.0 Å². The van der Waals surface area contributed by atoms with Crippen molar-refractivity contribution in [1.29, 1.82) is 0 Å². The highest BCUT2D eigenvalue weighted by molar-refractivity contribution is 14.0. The summed E-state index contributed by atoms with van der Waals surface area (Å²) in [5.74, 6) is 2.53. The van der Waals surface area contributed by atoms with Crippen LogP contribution in [0.4, 0.5) is 0 Å². The zero-order valence-electron chi connectivity index (χ0n) is 18.2. The summed E-state index contributed by atoms with van der Waals surface area (Å²) in [5, 5.41) is 21.1. The molecule has 2 rings (SSSR count). The predicted molar refractivity (Wildman–Crippen MR) is 133 cm³/mol. The summed E-state index contributed by atoms with van der Waals surface area (Å²) in [7, 11) is 4.81. The average Bonchev–Trinajstić information content (AvgIpc) is 3.27. The van der Waals surface area contributed by atoms with E-state index in [9.17, 15) is 5.11 Å². The van der Waals surface area contributed by atoms with Gasteiger partial charge < -0.3 is 30.0 Å². The van der Waals surface area contributed by atoms with Gasteiger partial charge >= 0.3 is 0 Å². The Labute approximate surface area is 199 Å². The second kappa shape index (κ2) is 12.9. The van der Waals surface area contributed by atoms with Gasteiger partial charge in [-0.2, -0.15) is 11.3 Å². The largest absolute Gasteiger partial charge is 0.493 e. The molecule has 0 amide bonds. The van der Waals surface area contributed by atoms with E-state index in [0.29, 0.717) is 36.2 Å². The third-order valence-corrected chi connectivity index (χ3v) is 5.19. The number of hydrogen-bond acceptors (Lipinski definition) is 6. The highest BCUT2D eigenvalue weighted by Gasteiger charge is 2.23. The fraction of sp³-hybridized carbons (Fsp3) is 0.476. The first-order valence-corrected chi connectivity index (χ1v) is 10.5. The number of rotatable bonds is 10. The molecule has 1 heterocycles. The van der Waals surface area contributed by atoms with Gasteiger partial charge in [-0.25, -0.2) is 4.99 Å². The number of ether oxygens (including phenoxy) is 3. The van der Waals surface area contributed by atoms with Crippen LogP contribution in [0.2, 0.25) is 0 Å². The Morgan fingerprint density at radius 2 is 1.83 bits per heavy atom. The fourth-order valence-electron chi connectivity index (χ4n) is 2.91. The number of aliphatic imine (C=N–C) groups is 1. The average molecular weight is 549 g/mol. The summed E-state index contributed by atoms with van der Waals surface area (Å²) in [4.78, 5) is 4.55. The SMILES string of the molecule is CCNC(=NCC(C)(O)c1ccsc1)NCCc1ccc(OC)c(OC)c1OC.I. The highest BCUT2D eigenvalue weighted by Crippen LogP contribution is 2.39. The van der Waals surface area contributed by atoms with Crippen LogP contribution in [0.1, 0.15) is 25.0 Å². The van der Waals surface area contributed by atoms with Crippen molar-refractivity contribution in [2.24, 2.45) is 4.99 Å². The molecule has 0 bridgehead atoms. The van der Waals surface area contributed by atoms with Crippen LogP contribution >= 0.6 is 35.3 Å². The van der Waals surface area contributed by atoms with Gasteiger partial charge in [0.2, 0.25) is 5.75 Å². The van der Waals surface area contributed by atoms with Crippen LogP contribution in [0.3, 0.4) is 0 Å².